The maximum Gasteiger partial charge on any atom is 0.345 e. The van der Waals surface area contributed by atoms with Gasteiger partial charge in [0.05, 0.1) is 0 Å². The molecule has 8 nitrogen and oxygen atoms in total. The Morgan fingerprint density at radius 1 is 1.27 bits per heavy atom. The van der Waals surface area contributed by atoms with Crippen LogP contribution in [0, 0.1) is 0 Å². The molecule has 2 aromatic rings. The monoisotopic (exact) mass is 367 g/mol. The number of hydrogen-bond acceptors (Lipinski definition) is 5. The van der Waals surface area contributed by atoms with E-state index in [1.807, 2.05) is 4.98 Å². The smallest absolute Gasteiger partial charge is 0.345 e. The molecule has 1 heterocycles. The Bertz CT molecular complexity index is 827. The van der Waals surface area contributed by atoms with Crippen molar-refractivity contribution in [2.24, 2.45) is 0 Å². The summed E-state index contributed by atoms with van der Waals surface area (Å²) in [4.78, 5) is 49.5. The molecule has 9 heteroatoms. The topological polar surface area (TPSA) is 121 Å². The maximum atomic E-state index is 11.7. The second kappa shape index (κ2) is 6.85. The molecule has 0 unspecified atom stereocenters. The number of esters is 1. The Hall–Kier alpha value is -2.68. The molecule has 0 saturated heterocycles. The molecule has 0 aliphatic carbocycles. The number of rotatable bonds is 4. The SMILES string of the molecule is O=C(COC(=O)c1c[nH]c(=O)[nH]c1=O)Nc1cccc(Br)c1. The molecule has 114 valence electrons. The first kappa shape index (κ1) is 15.7. The standard InChI is InChI=1S/C13H10BrN3O5/c14-7-2-1-3-8(4-7)16-10(18)6-22-12(20)9-5-15-13(21)17-11(9)19/h1-5H,6H2,(H,16,18)(H2,15,17,19,21). The summed E-state index contributed by atoms with van der Waals surface area (Å²) in [6, 6.07) is 6.85. The van der Waals surface area contributed by atoms with E-state index in [0.717, 1.165) is 10.7 Å². The lowest BCUT2D eigenvalue weighted by atomic mass is 10.3. The fraction of sp³-hybridized carbons (Fsp3) is 0.0769. The van der Waals surface area contributed by atoms with Crippen LogP contribution in [0.25, 0.3) is 0 Å². The van der Waals surface area contributed by atoms with Gasteiger partial charge in [0.2, 0.25) is 0 Å². The highest BCUT2D eigenvalue weighted by Gasteiger charge is 2.14. The Morgan fingerprint density at radius 2 is 2.05 bits per heavy atom. The number of hydrogen-bond donors (Lipinski definition) is 3. The van der Waals surface area contributed by atoms with Crippen LogP contribution < -0.4 is 16.6 Å². The molecule has 0 aliphatic heterocycles. The highest BCUT2D eigenvalue weighted by atomic mass is 79.9. The van der Waals surface area contributed by atoms with E-state index < -0.39 is 35.3 Å². The minimum Gasteiger partial charge on any atom is -0.452 e. The molecule has 2 rings (SSSR count). The zero-order valence-corrected chi connectivity index (χ0v) is 12.6. The van der Waals surface area contributed by atoms with Crippen LogP contribution in [0.1, 0.15) is 10.4 Å². The van der Waals surface area contributed by atoms with Gasteiger partial charge >= 0.3 is 11.7 Å². The first-order valence-electron chi connectivity index (χ1n) is 6.00. The highest BCUT2D eigenvalue weighted by molar-refractivity contribution is 9.10. The molecule has 0 atom stereocenters. The van der Waals surface area contributed by atoms with Crippen molar-refractivity contribution >= 4 is 33.5 Å². The van der Waals surface area contributed by atoms with Crippen LogP contribution in [-0.2, 0) is 9.53 Å². The van der Waals surface area contributed by atoms with Crippen molar-refractivity contribution in [2.75, 3.05) is 11.9 Å². The van der Waals surface area contributed by atoms with Gasteiger partial charge < -0.3 is 15.0 Å². The second-order valence-corrected chi connectivity index (χ2v) is 5.04. The summed E-state index contributed by atoms with van der Waals surface area (Å²) in [6.45, 7) is -0.566. The average molecular weight is 368 g/mol. The predicted molar refractivity (Wildman–Crippen MR) is 80.7 cm³/mol. The van der Waals surface area contributed by atoms with Crippen molar-refractivity contribution in [3.8, 4) is 0 Å². The van der Waals surface area contributed by atoms with Crippen LogP contribution in [-0.4, -0.2) is 28.5 Å². The molecule has 0 fully saturated rings. The van der Waals surface area contributed by atoms with Gasteiger partial charge in [0.1, 0.15) is 5.56 Å². The molecule has 0 aliphatic rings. The summed E-state index contributed by atoms with van der Waals surface area (Å²) in [6.07, 6.45) is 0.926. The van der Waals surface area contributed by atoms with E-state index in [-0.39, 0.29) is 0 Å². The number of H-pyrrole nitrogens is 2. The fourth-order valence-corrected chi connectivity index (χ4v) is 1.93. The molecule has 1 aromatic heterocycles. The minimum absolute atomic E-state index is 0.394. The van der Waals surface area contributed by atoms with Gasteiger partial charge in [-0.1, -0.05) is 22.0 Å². The molecular formula is C13H10BrN3O5. The largest absolute Gasteiger partial charge is 0.452 e. The van der Waals surface area contributed by atoms with E-state index in [2.05, 4.69) is 26.2 Å². The van der Waals surface area contributed by atoms with Gasteiger partial charge in [-0.15, -0.1) is 0 Å². The number of nitrogens with one attached hydrogen (secondary N) is 3. The number of anilines is 1. The van der Waals surface area contributed by atoms with Crippen molar-refractivity contribution in [3.05, 3.63) is 61.3 Å². The average Bonchev–Trinajstić information content (AvgIpc) is 2.45. The van der Waals surface area contributed by atoms with E-state index in [9.17, 15) is 19.2 Å². The van der Waals surface area contributed by atoms with Crippen LogP contribution in [0.15, 0.2) is 44.5 Å². The second-order valence-electron chi connectivity index (χ2n) is 4.12. The first-order valence-corrected chi connectivity index (χ1v) is 6.79. The Balaban J connectivity index is 1.94. The summed E-state index contributed by atoms with van der Waals surface area (Å²) < 4.78 is 5.49. The van der Waals surface area contributed by atoms with Gasteiger partial charge in [-0.25, -0.2) is 9.59 Å². The molecule has 0 bridgehead atoms. The van der Waals surface area contributed by atoms with Crippen molar-refractivity contribution < 1.29 is 14.3 Å². The van der Waals surface area contributed by atoms with E-state index in [4.69, 9.17) is 4.74 Å². The van der Waals surface area contributed by atoms with E-state index in [0.29, 0.717) is 5.69 Å². The third-order valence-corrected chi connectivity index (χ3v) is 2.98. The first-order chi connectivity index (χ1) is 10.5. The summed E-state index contributed by atoms with van der Waals surface area (Å²) in [7, 11) is 0. The molecule has 0 radical (unpaired) electrons. The lowest BCUT2D eigenvalue weighted by Gasteiger charge is -2.06. The van der Waals surface area contributed by atoms with Crippen LogP contribution in [0.5, 0.6) is 0 Å². The number of benzene rings is 1. The molecule has 22 heavy (non-hydrogen) atoms. The van der Waals surface area contributed by atoms with Gasteiger partial charge in [-0.05, 0) is 18.2 Å². The zero-order valence-electron chi connectivity index (χ0n) is 11.0. The summed E-state index contributed by atoms with van der Waals surface area (Å²) >= 11 is 3.25. The minimum atomic E-state index is -1.01. The number of aromatic nitrogens is 2. The summed E-state index contributed by atoms with van der Waals surface area (Å²) in [5, 5.41) is 2.52. The molecule has 1 aromatic carbocycles. The molecule has 1 amide bonds. The van der Waals surface area contributed by atoms with Crippen molar-refractivity contribution in [3.63, 3.8) is 0 Å². The van der Waals surface area contributed by atoms with Crippen molar-refractivity contribution in [2.45, 2.75) is 0 Å². The predicted octanol–water partition coefficient (Wildman–Crippen LogP) is 0.621. The summed E-state index contributed by atoms with van der Waals surface area (Å²) in [5.74, 6) is -1.57. The normalized spacial score (nSPS) is 10.0. The van der Waals surface area contributed by atoms with E-state index in [1.54, 1.807) is 24.3 Å². The van der Waals surface area contributed by atoms with Gasteiger partial charge in [0.15, 0.2) is 6.61 Å². The van der Waals surface area contributed by atoms with Gasteiger partial charge in [0, 0.05) is 16.4 Å². The number of halogens is 1. The molecule has 0 saturated carbocycles. The maximum absolute atomic E-state index is 11.7. The Morgan fingerprint density at radius 3 is 2.73 bits per heavy atom. The third-order valence-electron chi connectivity index (χ3n) is 2.48. The number of amides is 1. The molecular weight excluding hydrogens is 358 g/mol. The van der Waals surface area contributed by atoms with Crippen LogP contribution >= 0.6 is 15.9 Å². The lowest BCUT2D eigenvalue weighted by molar-refractivity contribution is -0.119. The number of carbonyl (C=O) groups is 2. The van der Waals surface area contributed by atoms with Crippen LogP contribution in [0.4, 0.5) is 5.69 Å². The Kier molecular flexibility index (Phi) is 4.89. The molecule has 0 spiro atoms. The third kappa shape index (κ3) is 4.16. The number of aromatic amines is 2. The van der Waals surface area contributed by atoms with Crippen LogP contribution in [0.2, 0.25) is 0 Å². The van der Waals surface area contributed by atoms with E-state index in [1.165, 1.54) is 0 Å². The van der Waals surface area contributed by atoms with Gasteiger partial charge in [-0.2, -0.15) is 0 Å². The van der Waals surface area contributed by atoms with Gasteiger partial charge in [0.25, 0.3) is 11.5 Å². The number of carbonyl (C=O) groups excluding carboxylic acids is 2. The van der Waals surface area contributed by atoms with E-state index >= 15 is 0 Å². The quantitative estimate of drug-likeness (QED) is 0.684. The summed E-state index contributed by atoms with van der Waals surface area (Å²) in [5.41, 5.74) is -1.50. The van der Waals surface area contributed by atoms with Crippen molar-refractivity contribution in [1.29, 1.82) is 0 Å². The fourth-order valence-electron chi connectivity index (χ4n) is 1.53. The zero-order chi connectivity index (χ0) is 16.1. The molecule has 3 N–H and O–H groups in total. The lowest BCUT2D eigenvalue weighted by Crippen LogP contribution is -2.29. The van der Waals surface area contributed by atoms with Gasteiger partial charge in [-0.3, -0.25) is 14.6 Å². The Labute approximate surface area is 131 Å². The van der Waals surface area contributed by atoms with Crippen LogP contribution in [0.3, 0.4) is 0 Å². The van der Waals surface area contributed by atoms with Crippen molar-refractivity contribution in [1.82, 2.24) is 9.97 Å². The number of ether oxygens (including phenoxy) is 1. The highest BCUT2D eigenvalue weighted by Crippen LogP contribution is 2.15.